The topological polar surface area (TPSA) is 79.2 Å². The molecule has 3 rings (SSSR count). The van der Waals surface area contributed by atoms with Crippen molar-refractivity contribution in [1.82, 2.24) is 0 Å². The van der Waals surface area contributed by atoms with E-state index in [1.54, 1.807) is 0 Å². The molecule has 0 aliphatic carbocycles. The Balaban J connectivity index is 2.16. The molecule has 0 aromatic heterocycles. The Hall–Kier alpha value is -0.200. The van der Waals surface area contributed by atoms with Crippen molar-refractivity contribution in [2.75, 3.05) is 13.2 Å². The SMILES string of the molecule is OCC1OC2CCCCO[C@@H]1C(O)C2O. The molecule has 3 heterocycles. The summed E-state index contributed by atoms with van der Waals surface area (Å²) in [6.07, 6.45) is -0.881. The Bertz CT molecular complexity index is 206. The van der Waals surface area contributed by atoms with Gasteiger partial charge in [0.25, 0.3) is 0 Å². The third-order valence-electron chi connectivity index (χ3n) is 3.16. The zero-order valence-corrected chi connectivity index (χ0v) is 8.58. The van der Waals surface area contributed by atoms with Gasteiger partial charge in [0, 0.05) is 6.61 Å². The Morgan fingerprint density at radius 1 is 1.13 bits per heavy atom. The van der Waals surface area contributed by atoms with E-state index in [-0.39, 0.29) is 12.7 Å². The van der Waals surface area contributed by atoms with Crippen molar-refractivity contribution >= 4 is 0 Å². The average Bonchev–Trinajstić information content (AvgIpc) is 2.38. The lowest BCUT2D eigenvalue weighted by Crippen LogP contribution is -2.58. The molecule has 4 unspecified atom stereocenters. The third kappa shape index (κ3) is 2.16. The number of aliphatic hydroxyl groups is 3. The second-order valence-electron chi connectivity index (χ2n) is 4.21. The summed E-state index contributed by atoms with van der Waals surface area (Å²) in [5, 5.41) is 28.7. The van der Waals surface area contributed by atoms with E-state index in [0.29, 0.717) is 13.0 Å². The van der Waals surface area contributed by atoms with Gasteiger partial charge in [0.05, 0.1) is 12.7 Å². The first-order valence-corrected chi connectivity index (χ1v) is 5.48. The summed E-state index contributed by atoms with van der Waals surface area (Å²) < 4.78 is 11.0. The lowest BCUT2D eigenvalue weighted by atomic mass is 9.93. The van der Waals surface area contributed by atoms with Crippen molar-refractivity contribution in [3.8, 4) is 0 Å². The second kappa shape index (κ2) is 4.76. The minimum absolute atomic E-state index is 0.190. The van der Waals surface area contributed by atoms with Gasteiger partial charge in [-0.15, -0.1) is 0 Å². The normalized spacial score (nSPS) is 47.0. The van der Waals surface area contributed by atoms with Gasteiger partial charge in [-0.3, -0.25) is 0 Å². The van der Waals surface area contributed by atoms with Crippen LogP contribution in [0.5, 0.6) is 0 Å². The quantitative estimate of drug-likeness (QED) is 0.528. The molecule has 0 amide bonds. The number of fused-ring (bicyclic) bond motifs is 6. The molecule has 0 aromatic carbocycles. The van der Waals surface area contributed by atoms with Gasteiger partial charge in [0.2, 0.25) is 0 Å². The van der Waals surface area contributed by atoms with Gasteiger partial charge in [-0.1, -0.05) is 0 Å². The van der Waals surface area contributed by atoms with Crippen LogP contribution < -0.4 is 0 Å². The van der Waals surface area contributed by atoms with E-state index in [9.17, 15) is 10.2 Å². The predicted molar refractivity (Wildman–Crippen MR) is 51.4 cm³/mol. The number of rotatable bonds is 1. The summed E-state index contributed by atoms with van der Waals surface area (Å²) in [5.74, 6) is 0. The monoisotopic (exact) mass is 218 g/mol. The highest BCUT2D eigenvalue weighted by atomic mass is 16.6. The summed E-state index contributed by atoms with van der Waals surface area (Å²) in [4.78, 5) is 0. The van der Waals surface area contributed by atoms with Crippen LogP contribution in [0.25, 0.3) is 0 Å². The van der Waals surface area contributed by atoms with Gasteiger partial charge in [0.1, 0.15) is 24.4 Å². The van der Waals surface area contributed by atoms with Gasteiger partial charge in [-0.2, -0.15) is 0 Å². The van der Waals surface area contributed by atoms with Crippen LogP contribution in [-0.4, -0.2) is 59.1 Å². The molecule has 2 bridgehead atoms. The summed E-state index contributed by atoms with van der Waals surface area (Å²) in [6.45, 7) is 0.353. The van der Waals surface area contributed by atoms with Crippen molar-refractivity contribution in [2.45, 2.75) is 49.8 Å². The molecule has 3 aliphatic heterocycles. The van der Waals surface area contributed by atoms with Gasteiger partial charge in [-0.25, -0.2) is 0 Å². The smallest absolute Gasteiger partial charge is 0.114 e. The average molecular weight is 218 g/mol. The lowest BCUT2D eigenvalue weighted by molar-refractivity contribution is -0.238. The van der Waals surface area contributed by atoms with Crippen LogP contribution >= 0.6 is 0 Å². The Kier molecular flexibility index (Phi) is 3.58. The fourth-order valence-electron chi connectivity index (χ4n) is 2.28. The Morgan fingerprint density at radius 2 is 1.93 bits per heavy atom. The van der Waals surface area contributed by atoms with Crippen molar-refractivity contribution in [3.05, 3.63) is 0 Å². The molecule has 0 aromatic rings. The van der Waals surface area contributed by atoms with E-state index in [4.69, 9.17) is 14.6 Å². The Morgan fingerprint density at radius 3 is 2.67 bits per heavy atom. The van der Waals surface area contributed by atoms with E-state index >= 15 is 0 Å². The summed E-state index contributed by atoms with van der Waals surface area (Å²) in [5.41, 5.74) is 0. The third-order valence-corrected chi connectivity index (χ3v) is 3.16. The molecular weight excluding hydrogens is 200 g/mol. The van der Waals surface area contributed by atoms with Crippen LogP contribution in [0.1, 0.15) is 19.3 Å². The maximum Gasteiger partial charge on any atom is 0.114 e. The van der Waals surface area contributed by atoms with Crippen molar-refractivity contribution in [2.24, 2.45) is 0 Å². The van der Waals surface area contributed by atoms with Crippen LogP contribution in [-0.2, 0) is 9.47 Å². The molecule has 3 N–H and O–H groups in total. The number of aliphatic hydroxyl groups excluding tert-OH is 3. The number of ether oxygens (including phenoxy) is 2. The van der Waals surface area contributed by atoms with Crippen LogP contribution in [0.4, 0.5) is 0 Å². The molecule has 0 saturated carbocycles. The molecule has 15 heavy (non-hydrogen) atoms. The van der Waals surface area contributed by atoms with Gasteiger partial charge in [-0.05, 0) is 19.3 Å². The summed E-state index contributed by atoms with van der Waals surface area (Å²) >= 11 is 0. The fraction of sp³-hybridized carbons (Fsp3) is 1.00. The number of hydrogen-bond donors (Lipinski definition) is 3. The van der Waals surface area contributed by atoms with Gasteiger partial charge < -0.3 is 24.8 Å². The first kappa shape index (κ1) is 11.3. The highest BCUT2D eigenvalue weighted by Gasteiger charge is 2.45. The first-order chi connectivity index (χ1) is 7.24. The zero-order valence-electron chi connectivity index (χ0n) is 8.58. The standard InChI is InChI=1S/C10H18O5/c11-5-7-10-9(13)8(12)6(15-7)3-1-2-4-14-10/h6-13H,1-5H2/t6?,7?,8?,9?,10-/m0/s1. The highest BCUT2D eigenvalue weighted by molar-refractivity contribution is 4.93. The van der Waals surface area contributed by atoms with Crippen LogP contribution in [0.3, 0.4) is 0 Å². The fourth-order valence-corrected chi connectivity index (χ4v) is 2.28. The summed E-state index contributed by atoms with van der Waals surface area (Å²) in [6, 6.07) is 0. The maximum atomic E-state index is 9.83. The molecule has 0 radical (unpaired) electrons. The largest absolute Gasteiger partial charge is 0.394 e. The molecule has 5 nitrogen and oxygen atoms in total. The van der Waals surface area contributed by atoms with Crippen molar-refractivity contribution in [1.29, 1.82) is 0 Å². The zero-order chi connectivity index (χ0) is 10.8. The molecular formula is C10H18O5. The van der Waals surface area contributed by atoms with E-state index in [1.165, 1.54) is 0 Å². The lowest BCUT2D eigenvalue weighted by Gasteiger charge is -2.41. The maximum absolute atomic E-state index is 9.83. The molecule has 5 atom stereocenters. The van der Waals surface area contributed by atoms with Crippen LogP contribution in [0, 0.1) is 0 Å². The second-order valence-corrected chi connectivity index (χ2v) is 4.21. The molecule has 0 spiro atoms. The van der Waals surface area contributed by atoms with Crippen molar-refractivity contribution in [3.63, 3.8) is 0 Å². The van der Waals surface area contributed by atoms with E-state index in [1.807, 2.05) is 0 Å². The predicted octanol–water partition coefficient (Wildman–Crippen LogP) is -0.963. The molecule has 5 heteroatoms. The van der Waals surface area contributed by atoms with E-state index < -0.39 is 24.4 Å². The van der Waals surface area contributed by atoms with E-state index in [0.717, 1.165) is 12.8 Å². The minimum Gasteiger partial charge on any atom is -0.394 e. The van der Waals surface area contributed by atoms with Gasteiger partial charge in [0.15, 0.2) is 0 Å². The Labute approximate surface area is 88.6 Å². The number of hydrogen-bond acceptors (Lipinski definition) is 5. The molecule has 3 saturated heterocycles. The minimum atomic E-state index is -0.959. The van der Waals surface area contributed by atoms with Crippen molar-refractivity contribution < 1.29 is 24.8 Å². The van der Waals surface area contributed by atoms with Gasteiger partial charge >= 0.3 is 0 Å². The first-order valence-electron chi connectivity index (χ1n) is 5.48. The molecule has 3 aliphatic rings. The van der Waals surface area contributed by atoms with Crippen LogP contribution in [0.15, 0.2) is 0 Å². The van der Waals surface area contributed by atoms with E-state index in [2.05, 4.69) is 0 Å². The molecule has 3 fully saturated rings. The van der Waals surface area contributed by atoms with Crippen LogP contribution in [0.2, 0.25) is 0 Å². The molecule has 88 valence electrons. The summed E-state index contributed by atoms with van der Waals surface area (Å²) in [7, 11) is 0. The highest BCUT2D eigenvalue weighted by Crippen LogP contribution is 2.28.